The first-order valence-corrected chi connectivity index (χ1v) is 7.36. The molecule has 1 saturated heterocycles. The SMILES string of the molecule is CN1CCNC(CC(=O)NCc2ccccc2Br)C1. The van der Waals surface area contributed by atoms with Crippen LogP contribution in [0.15, 0.2) is 28.7 Å². The molecule has 1 unspecified atom stereocenters. The average Bonchev–Trinajstić information content (AvgIpc) is 2.38. The average molecular weight is 326 g/mol. The highest BCUT2D eigenvalue weighted by molar-refractivity contribution is 9.10. The van der Waals surface area contributed by atoms with E-state index in [-0.39, 0.29) is 11.9 Å². The van der Waals surface area contributed by atoms with Crippen LogP contribution in [0.3, 0.4) is 0 Å². The molecule has 5 heteroatoms. The third-order valence-electron chi connectivity index (χ3n) is 3.32. The van der Waals surface area contributed by atoms with Crippen molar-refractivity contribution >= 4 is 21.8 Å². The van der Waals surface area contributed by atoms with Gasteiger partial charge in [-0.25, -0.2) is 0 Å². The summed E-state index contributed by atoms with van der Waals surface area (Å²) in [5.74, 6) is 0.101. The summed E-state index contributed by atoms with van der Waals surface area (Å²) in [5, 5.41) is 6.35. The lowest BCUT2D eigenvalue weighted by atomic mass is 10.1. The summed E-state index contributed by atoms with van der Waals surface area (Å²) in [6.45, 7) is 3.51. The molecule has 1 aliphatic rings. The quantitative estimate of drug-likeness (QED) is 0.878. The molecule has 2 N–H and O–H groups in total. The van der Waals surface area contributed by atoms with Crippen molar-refractivity contribution in [2.24, 2.45) is 0 Å². The minimum absolute atomic E-state index is 0.101. The molecule has 1 heterocycles. The van der Waals surface area contributed by atoms with E-state index in [4.69, 9.17) is 0 Å². The Hall–Kier alpha value is -0.910. The van der Waals surface area contributed by atoms with E-state index in [0.717, 1.165) is 29.7 Å². The van der Waals surface area contributed by atoms with Crippen LogP contribution in [-0.4, -0.2) is 43.5 Å². The summed E-state index contributed by atoms with van der Waals surface area (Å²) in [5.41, 5.74) is 1.10. The monoisotopic (exact) mass is 325 g/mol. The molecule has 1 aromatic rings. The maximum Gasteiger partial charge on any atom is 0.221 e. The van der Waals surface area contributed by atoms with Gasteiger partial charge >= 0.3 is 0 Å². The van der Waals surface area contributed by atoms with Gasteiger partial charge in [-0.1, -0.05) is 34.1 Å². The fraction of sp³-hybridized carbons (Fsp3) is 0.500. The van der Waals surface area contributed by atoms with E-state index in [2.05, 4.69) is 38.5 Å². The predicted octanol–water partition coefficient (Wildman–Crippen LogP) is 1.36. The molecule has 0 aliphatic carbocycles. The van der Waals surface area contributed by atoms with Gasteiger partial charge in [0.05, 0.1) is 0 Å². The van der Waals surface area contributed by atoms with Crippen LogP contribution in [0.25, 0.3) is 0 Å². The molecule has 0 saturated carbocycles. The van der Waals surface area contributed by atoms with Crippen LogP contribution in [-0.2, 0) is 11.3 Å². The summed E-state index contributed by atoms with van der Waals surface area (Å²) in [6.07, 6.45) is 0.537. The van der Waals surface area contributed by atoms with Crippen LogP contribution >= 0.6 is 15.9 Å². The topological polar surface area (TPSA) is 44.4 Å². The maximum absolute atomic E-state index is 11.9. The van der Waals surface area contributed by atoms with Crippen LogP contribution in [0.5, 0.6) is 0 Å². The molecule has 1 aromatic carbocycles. The van der Waals surface area contributed by atoms with E-state index < -0.39 is 0 Å². The lowest BCUT2D eigenvalue weighted by Crippen LogP contribution is -2.50. The zero-order valence-electron chi connectivity index (χ0n) is 11.2. The largest absolute Gasteiger partial charge is 0.352 e. The van der Waals surface area contributed by atoms with Crippen molar-refractivity contribution in [1.82, 2.24) is 15.5 Å². The van der Waals surface area contributed by atoms with Gasteiger partial charge in [-0.3, -0.25) is 4.79 Å². The van der Waals surface area contributed by atoms with E-state index in [0.29, 0.717) is 13.0 Å². The summed E-state index contributed by atoms with van der Waals surface area (Å²) in [6, 6.07) is 8.20. The summed E-state index contributed by atoms with van der Waals surface area (Å²) in [4.78, 5) is 14.2. The Bertz CT molecular complexity index is 438. The Labute approximate surface area is 122 Å². The molecule has 1 atom stereocenters. The van der Waals surface area contributed by atoms with E-state index >= 15 is 0 Å². The molecule has 1 aliphatic heterocycles. The number of benzene rings is 1. The number of halogens is 1. The standard InChI is InChI=1S/C14H20BrN3O/c1-18-7-6-16-12(10-18)8-14(19)17-9-11-4-2-3-5-13(11)15/h2-5,12,16H,6-10H2,1H3,(H,17,19). The van der Waals surface area contributed by atoms with Gasteiger partial charge in [0, 0.05) is 43.1 Å². The molecule has 19 heavy (non-hydrogen) atoms. The lowest BCUT2D eigenvalue weighted by Gasteiger charge is -2.30. The number of carbonyl (C=O) groups excluding carboxylic acids is 1. The number of carbonyl (C=O) groups is 1. The second kappa shape index (κ2) is 7.03. The number of rotatable bonds is 4. The third kappa shape index (κ3) is 4.60. The van der Waals surface area contributed by atoms with E-state index in [1.54, 1.807) is 0 Å². The maximum atomic E-state index is 11.9. The Balaban J connectivity index is 1.77. The molecule has 2 rings (SSSR count). The van der Waals surface area contributed by atoms with Gasteiger partial charge < -0.3 is 15.5 Å². The smallest absolute Gasteiger partial charge is 0.221 e. The number of likely N-dealkylation sites (N-methyl/N-ethyl adjacent to an activating group) is 1. The minimum Gasteiger partial charge on any atom is -0.352 e. The van der Waals surface area contributed by atoms with E-state index in [1.165, 1.54) is 0 Å². The molecule has 104 valence electrons. The van der Waals surface area contributed by atoms with Crippen molar-refractivity contribution in [1.29, 1.82) is 0 Å². The number of nitrogens with zero attached hydrogens (tertiary/aromatic N) is 1. The van der Waals surface area contributed by atoms with Crippen LogP contribution in [0.2, 0.25) is 0 Å². The lowest BCUT2D eigenvalue weighted by molar-refractivity contribution is -0.122. The normalized spacial score (nSPS) is 20.2. The summed E-state index contributed by atoms with van der Waals surface area (Å²) >= 11 is 3.48. The Morgan fingerprint density at radius 1 is 1.53 bits per heavy atom. The first-order valence-electron chi connectivity index (χ1n) is 6.57. The minimum atomic E-state index is 0.101. The number of nitrogens with one attached hydrogen (secondary N) is 2. The van der Waals surface area contributed by atoms with Crippen LogP contribution in [0, 0.1) is 0 Å². The number of piperazine rings is 1. The second-order valence-electron chi connectivity index (χ2n) is 4.99. The fourth-order valence-corrected chi connectivity index (χ4v) is 2.68. The Kier molecular flexibility index (Phi) is 5.36. The fourth-order valence-electron chi connectivity index (χ4n) is 2.26. The van der Waals surface area contributed by atoms with Gasteiger partial charge in [0.25, 0.3) is 0 Å². The van der Waals surface area contributed by atoms with Crippen molar-refractivity contribution in [3.8, 4) is 0 Å². The zero-order valence-corrected chi connectivity index (χ0v) is 12.7. The molecule has 1 amide bonds. The molecule has 0 bridgehead atoms. The van der Waals surface area contributed by atoms with Crippen LogP contribution in [0.4, 0.5) is 0 Å². The van der Waals surface area contributed by atoms with E-state index in [1.807, 2.05) is 24.3 Å². The highest BCUT2D eigenvalue weighted by atomic mass is 79.9. The summed E-state index contributed by atoms with van der Waals surface area (Å²) in [7, 11) is 2.09. The first kappa shape index (κ1) is 14.5. The number of hydrogen-bond donors (Lipinski definition) is 2. The van der Waals surface area contributed by atoms with Gasteiger partial charge in [-0.05, 0) is 18.7 Å². The Morgan fingerprint density at radius 2 is 2.32 bits per heavy atom. The number of hydrogen-bond acceptors (Lipinski definition) is 3. The van der Waals surface area contributed by atoms with Crippen LogP contribution in [0.1, 0.15) is 12.0 Å². The van der Waals surface area contributed by atoms with Crippen molar-refractivity contribution in [2.75, 3.05) is 26.7 Å². The molecule has 4 nitrogen and oxygen atoms in total. The number of amides is 1. The van der Waals surface area contributed by atoms with Gasteiger partial charge in [-0.2, -0.15) is 0 Å². The predicted molar refractivity (Wildman–Crippen MR) is 79.9 cm³/mol. The van der Waals surface area contributed by atoms with Gasteiger partial charge in [0.2, 0.25) is 5.91 Å². The zero-order chi connectivity index (χ0) is 13.7. The van der Waals surface area contributed by atoms with Crippen molar-refractivity contribution in [3.05, 3.63) is 34.3 Å². The second-order valence-corrected chi connectivity index (χ2v) is 5.84. The van der Waals surface area contributed by atoms with Gasteiger partial charge in [-0.15, -0.1) is 0 Å². The van der Waals surface area contributed by atoms with Crippen molar-refractivity contribution in [2.45, 2.75) is 19.0 Å². The van der Waals surface area contributed by atoms with Crippen molar-refractivity contribution in [3.63, 3.8) is 0 Å². The molecule has 0 radical (unpaired) electrons. The highest BCUT2D eigenvalue weighted by Gasteiger charge is 2.19. The Morgan fingerprint density at radius 3 is 3.05 bits per heavy atom. The first-order chi connectivity index (χ1) is 9.15. The molecule has 0 aromatic heterocycles. The molecular weight excluding hydrogens is 306 g/mol. The summed E-state index contributed by atoms with van der Waals surface area (Å²) < 4.78 is 1.03. The molecule has 1 fully saturated rings. The highest BCUT2D eigenvalue weighted by Crippen LogP contribution is 2.15. The third-order valence-corrected chi connectivity index (χ3v) is 4.10. The molecule has 0 spiro atoms. The van der Waals surface area contributed by atoms with E-state index in [9.17, 15) is 4.79 Å². The van der Waals surface area contributed by atoms with Gasteiger partial charge in [0.1, 0.15) is 0 Å². The molecular formula is C14H20BrN3O. The van der Waals surface area contributed by atoms with Crippen molar-refractivity contribution < 1.29 is 4.79 Å². The van der Waals surface area contributed by atoms with Gasteiger partial charge in [0.15, 0.2) is 0 Å². The van der Waals surface area contributed by atoms with Crippen LogP contribution < -0.4 is 10.6 Å².